The lowest BCUT2D eigenvalue weighted by molar-refractivity contribution is 0.0524. The molecular formula is C16H27N3O2. The molecule has 5 nitrogen and oxygen atoms in total. The minimum Gasteiger partial charge on any atom is -0.462 e. The van der Waals surface area contributed by atoms with E-state index in [1.54, 1.807) is 10.9 Å². The van der Waals surface area contributed by atoms with Gasteiger partial charge in [-0.2, -0.15) is 5.10 Å². The zero-order valence-electron chi connectivity index (χ0n) is 13.6. The SMILES string of the molecule is CCOC(=O)c1cnn(C)c1CNC1CCC(CC)C1C. The van der Waals surface area contributed by atoms with Crippen molar-refractivity contribution in [2.45, 2.75) is 52.6 Å². The molecule has 1 saturated carbocycles. The van der Waals surface area contributed by atoms with Crippen LogP contribution >= 0.6 is 0 Å². The molecule has 21 heavy (non-hydrogen) atoms. The van der Waals surface area contributed by atoms with Crippen molar-refractivity contribution in [3.8, 4) is 0 Å². The Balaban J connectivity index is 2.00. The van der Waals surface area contributed by atoms with Gasteiger partial charge in [-0.3, -0.25) is 4.68 Å². The molecule has 118 valence electrons. The van der Waals surface area contributed by atoms with E-state index in [2.05, 4.69) is 24.3 Å². The summed E-state index contributed by atoms with van der Waals surface area (Å²) in [5.74, 6) is 1.22. The number of hydrogen-bond acceptors (Lipinski definition) is 4. The zero-order chi connectivity index (χ0) is 15.4. The number of aryl methyl sites for hydroxylation is 1. The van der Waals surface area contributed by atoms with Gasteiger partial charge in [-0.25, -0.2) is 4.79 Å². The molecule has 0 spiro atoms. The largest absolute Gasteiger partial charge is 0.462 e. The number of rotatable bonds is 6. The Bertz CT molecular complexity index is 484. The number of aromatic nitrogens is 2. The Morgan fingerprint density at radius 1 is 1.48 bits per heavy atom. The molecule has 0 aromatic carbocycles. The normalized spacial score (nSPS) is 25.2. The van der Waals surface area contributed by atoms with Crippen LogP contribution in [0.25, 0.3) is 0 Å². The molecule has 1 heterocycles. The van der Waals surface area contributed by atoms with Crippen LogP contribution in [0.2, 0.25) is 0 Å². The Kier molecular flexibility index (Phi) is 5.39. The van der Waals surface area contributed by atoms with Gasteiger partial charge in [0.1, 0.15) is 5.56 Å². The maximum Gasteiger partial charge on any atom is 0.341 e. The summed E-state index contributed by atoms with van der Waals surface area (Å²) in [6.07, 6.45) is 5.36. The van der Waals surface area contributed by atoms with Crippen LogP contribution in [0.3, 0.4) is 0 Å². The van der Waals surface area contributed by atoms with Crippen molar-refractivity contribution < 1.29 is 9.53 Å². The molecule has 2 rings (SSSR count). The maximum absolute atomic E-state index is 11.9. The fraction of sp³-hybridized carbons (Fsp3) is 0.750. The summed E-state index contributed by atoms with van der Waals surface area (Å²) in [7, 11) is 1.87. The van der Waals surface area contributed by atoms with Gasteiger partial charge in [-0.05, 0) is 31.6 Å². The highest BCUT2D eigenvalue weighted by Crippen LogP contribution is 2.34. The fourth-order valence-corrected chi connectivity index (χ4v) is 3.39. The smallest absolute Gasteiger partial charge is 0.341 e. The van der Waals surface area contributed by atoms with Gasteiger partial charge in [0, 0.05) is 19.6 Å². The van der Waals surface area contributed by atoms with Crippen LogP contribution < -0.4 is 5.32 Å². The van der Waals surface area contributed by atoms with Crippen LogP contribution in [0.4, 0.5) is 0 Å². The molecule has 0 radical (unpaired) electrons. The molecular weight excluding hydrogens is 266 g/mol. The molecule has 0 saturated heterocycles. The first-order valence-electron chi connectivity index (χ1n) is 7.99. The molecule has 5 heteroatoms. The Hall–Kier alpha value is -1.36. The van der Waals surface area contributed by atoms with Gasteiger partial charge in [-0.15, -0.1) is 0 Å². The summed E-state index contributed by atoms with van der Waals surface area (Å²) in [4.78, 5) is 11.9. The third-order valence-corrected chi connectivity index (χ3v) is 4.84. The lowest BCUT2D eigenvalue weighted by atomic mass is 9.93. The average molecular weight is 293 g/mol. The van der Waals surface area contributed by atoms with E-state index in [0.717, 1.165) is 11.6 Å². The second kappa shape index (κ2) is 7.07. The van der Waals surface area contributed by atoms with Crippen LogP contribution in [0.15, 0.2) is 6.20 Å². The quantitative estimate of drug-likeness (QED) is 0.819. The van der Waals surface area contributed by atoms with E-state index in [-0.39, 0.29) is 5.97 Å². The second-order valence-corrected chi connectivity index (χ2v) is 5.94. The summed E-state index contributed by atoms with van der Waals surface area (Å²) < 4.78 is 6.85. The first kappa shape index (κ1) is 16.0. The van der Waals surface area contributed by atoms with Gasteiger partial charge in [0.05, 0.1) is 18.5 Å². The summed E-state index contributed by atoms with van der Waals surface area (Å²) in [5.41, 5.74) is 1.48. The Labute approximate surface area is 127 Å². The van der Waals surface area contributed by atoms with E-state index >= 15 is 0 Å². The fourth-order valence-electron chi connectivity index (χ4n) is 3.39. The van der Waals surface area contributed by atoms with Crippen LogP contribution in [-0.2, 0) is 18.3 Å². The van der Waals surface area contributed by atoms with Crippen LogP contribution in [0.1, 0.15) is 56.1 Å². The molecule has 1 aliphatic rings. The van der Waals surface area contributed by atoms with Crippen LogP contribution in [-0.4, -0.2) is 28.4 Å². The molecule has 0 amide bonds. The lowest BCUT2D eigenvalue weighted by Crippen LogP contribution is -2.33. The van der Waals surface area contributed by atoms with Crippen molar-refractivity contribution in [3.63, 3.8) is 0 Å². The van der Waals surface area contributed by atoms with Crippen LogP contribution in [0, 0.1) is 11.8 Å². The highest BCUT2D eigenvalue weighted by molar-refractivity contribution is 5.90. The number of ether oxygens (including phenoxy) is 1. The first-order valence-corrected chi connectivity index (χ1v) is 7.99. The van der Waals surface area contributed by atoms with Crippen molar-refractivity contribution in [1.29, 1.82) is 0 Å². The van der Waals surface area contributed by atoms with E-state index in [9.17, 15) is 4.79 Å². The van der Waals surface area contributed by atoms with E-state index in [0.29, 0.717) is 30.7 Å². The van der Waals surface area contributed by atoms with Crippen molar-refractivity contribution >= 4 is 5.97 Å². The number of nitrogens with zero attached hydrogens (tertiary/aromatic N) is 2. The van der Waals surface area contributed by atoms with Gasteiger partial charge in [0.25, 0.3) is 0 Å². The van der Waals surface area contributed by atoms with Crippen molar-refractivity contribution in [2.24, 2.45) is 18.9 Å². The number of esters is 1. The molecule has 1 N–H and O–H groups in total. The van der Waals surface area contributed by atoms with Gasteiger partial charge < -0.3 is 10.1 Å². The van der Waals surface area contributed by atoms with Gasteiger partial charge in [0.2, 0.25) is 0 Å². The predicted molar refractivity (Wildman–Crippen MR) is 82.0 cm³/mol. The van der Waals surface area contributed by atoms with Crippen molar-refractivity contribution in [1.82, 2.24) is 15.1 Å². The van der Waals surface area contributed by atoms with Gasteiger partial charge >= 0.3 is 5.97 Å². The summed E-state index contributed by atoms with van der Waals surface area (Å²) in [6, 6.07) is 0.528. The standard InChI is InChI=1S/C16H27N3O2/c1-5-12-7-8-14(11(12)3)17-10-15-13(9-18-19(15)4)16(20)21-6-2/h9,11-12,14,17H,5-8,10H2,1-4H3. The molecule has 1 aromatic rings. The Morgan fingerprint density at radius 2 is 2.24 bits per heavy atom. The predicted octanol–water partition coefficient (Wildman–Crippen LogP) is 2.51. The number of carbonyl (C=O) groups is 1. The lowest BCUT2D eigenvalue weighted by Gasteiger charge is -2.21. The number of nitrogens with one attached hydrogen (secondary N) is 1. The van der Waals surface area contributed by atoms with E-state index in [4.69, 9.17) is 4.74 Å². The molecule has 1 fully saturated rings. The Morgan fingerprint density at radius 3 is 2.86 bits per heavy atom. The molecule has 0 aliphatic heterocycles. The topological polar surface area (TPSA) is 56.1 Å². The average Bonchev–Trinajstić information content (AvgIpc) is 3.00. The first-order chi connectivity index (χ1) is 10.1. The number of carbonyl (C=O) groups excluding carboxylic acids is 1. The van der Waals surface area contributed by atoms with Crippen molar-refractivity contribution in [2.75, 3.05) is 6.61 Å². The summed E-state index contributed by atoms with van der Waals surface area (Å²) in [6.45, 7) is 7.46. The molecule has 3 atom stereocenters. The van der Waals surface area contributed by atoms with Gasteiger partial charge in [0.15, 0.2) is 0 Å². The van der Waals surface area contributed by atoms with E-state index in [1.165, 1.54) is 19.3 Å². The second-order valence-electron chi connectivity index (χ2n) is 5.94. The van der Waals surface area contributed by atoms with E-state index < -0.39 is 0 Å². The monoisotopic (exact) mass is 293 g/mol. The zero-order valence-corrected chi connectivity index (χ0v) is 13.6. The highest BCUT2D eigenvalue weighted by atomic mass is 16.5. The molecule has 0 bridgehead atoms. The third kappa shape index (κ3) is 3.46. The summed E-state index contributed by atoms with van der Waals surface area (Å²) in [5, 5.41) is 7.80. The van der Waals surface area contributed by atoms with Gasteiger partial charge in [-0.1, -0.05) is 20.3 Å². The molecule has 1 aromatic heterocycles. The minimum atomic E-state index is -0.284. The van der Waals surface area contributed by atoms with Crippen molar-refractivity contribution in [3.05, 3.63) is 17.5 Å². The molecule has 1 aliphatic carbocycles. The van der Waals surface area contributed by atoms with Crippen LogP contribution in [0.5, 0.6) is 0 Å². The highest BCUT2D eigenvalue weighted by Gasteiger charge is 2.31. The van der Waals surface area contributed by atoms with E-state index in [1.807, 2.05) is 14.0 Å². The molecule has 3 unspecified atom stereocenters. The maximum atomic E-state index is 11.9. The summed E-state index contributed by atoms with van der Waals surface area (Å²) >= 11 is 0. The third-order valence-electron chi connectivity index (χ3n) is 4.84. The number of hydrogen-bond donors (Lipinski definition) is 1. The minimum absolute atomic E-state index is 0.284.